The van der Waals surface area contributed by atoms with Crippen LogP contribution in [0.1, 0.15) is 49.3 Å². The summed E-state index contributed by atoms with van der Waals surface area (Å²) in [4.78, 5) is 24.6. The number of pyridine rings is 2. The lowest BCUT2D eigenvalue weighted by molar-refractivity contribution is -0.129. The van der Waals surface area contributed by atoms with Crippen molar-refractivity contribution in [3.8, 4) is 0 Å². The Labute approximate surface area is 173 Å². The molecule has 3 aliphatic rings. The van der Waals surface area contributed by atoms with Crippen molar-refractivity contribution in [1.29, 1.82) is 0 Å². The first-order valence-corrected chi connectivity index (χ1v) is 10.8. The SMILES string of the molecule is O=C1C(C2CCCC2)c2nc(Nc3ccc(N4CCC4)cn3)ccc2CN1Br. The molecule has 1 unspecified atom stereocenters. The number of rotatable bonds is 4. The van der Waals surface area contributed by atoms with Gasteiger partial charge in [-0.05, 0) is 48.9 Å². The van der Waals surface area contributed by atoms with Crippen LogP contribution in [-0.2, 0) is 11.3 Å². The average Bonchev–Trinajstić information content (AvgIpc) is 3.17. The second-order valence-electron chi connectivity index (χ2n) is 7.99. The highest BCUT2D eigenvalue weighted by molar-refractivity contribution is 9.07. The fourth-order valence-electron chi connectivity index (χ4n) is 4.54. The highest BCUT2D eigenvalue weighted by Gasteiger charge is 2.40. The molecule has 146 valence electrons. The fraction of sp³-hybridized carbons (Fsp3) is 0.476. The van der Waals surface area contributed by atoms with Crippen molar-refractivity contribution < 1.29 is 4.79 Å². The number of aromatic nitrogens is 2. The van der Waals surface area contributed by atoms with Crippen molar-refractivity contribution in [3.05, 3.63) is 41.7 Å². The molecule has 2 aromatic heterocycles. The third-order valence-electron chi connectivity index (χ3n) is 6.22. The summed E-state index contributed by atoms with van der Waals surface area (Å²) in [6.45, 7) is 2.79. The summed E-state index contributed by atoms with van der Waals surface area (Å²) in [7, 11) is 0. The first kappa shape index (κ1) is 17.9. The molecule has 2 aromatic rings. The standard InChI is InChI=1S/C21H24BrN5O/c22-27-13-15-6-8-18(24-17-9-7-16(12-23-17)26-10-3-11-26)25-20(15)19(21(27)28)14-4-1-2-5-14/h6-9,12,14,19H,1-5,10-11,13H2,(H,23,24,25). The first-order valence-electron chi connectivity index (χ1n) is 10.1. The number of carbonyl (C=O) groups excluding carboxylic acids is 1. The lowest BCUT2D eigenvalue weighted by Gasteiger charge is -2.33. The Kier molecular flexibility index (Phi) is 4.70. The summed E-state index contributed by atoms with van der Waals surface area (Å²) < 4.78 is 1.67. The van der Waals surface area contributed by atoms with Gasteiger partial charge in [0.1, 0.15) is 11.6 Å². The number of amides is 1. The summed E-state index contributed by atoms with van der Waals surface area (Å²) in [6.07, 6.45) is 7.79. The number of hydrogen-bond donors (Lipinski definition) is 1. The Morgan fingerprint density at radius 1 is 1.04 bits per heavy atom. The van der Waals surface area contributed by atoms with E-state index in [2.05, 4.69) is 43.5 Å². The zero-order valence-electron chi connectivity index (χ0n) is 15.8. The van der Waals surface area contributed by atoms with Crippen LogP contribution in [0.25, 0.3) is 0 Å². The third-order valence-corrected chi connectivity index (χ3v) is 6.82. The van der Waals surface area contributed by atoms with E-state index in [1.54, 1.807) is 3.93 Å². The van der Waals surface area contributed by atoms with E-state index in [9.17, 15) is 4.79 Å². The molecule has 4 heterocycles. The molecule has 1 N–H and O–H groups in total. The van der Waals surface area contributed by atoms with E-state index >= 15 is 0 Å². The van der Waals surface area contributed by atoms with Gasteiger partial charge in [-0.2, -0.15) is 0 Å². The predicted octanol–water partition coefficient (Wildman–Crippen LogP) is 4.36. The van der Waals surface area contributed by atoms with Crippen LogP contribution >= 0.6 is 16.1 Å². The summed E-state index contributed by atoms with van der Waals surface area (Å²) in [5.74, 6) is 1.92. The van der Waals surface area contributed by atoms with E-state index in [0.29, 0.717) is 12.5 Å². The smallest absolute Gasteiger partial charge is 0.242 e. The van der Waals surface area contributed by atoms with Gasteiger partial charge in [-0.1, -0.05) is 18.9 Å². The number of nitrogens with one attached hydrogen (secondary N) is 1. The van der Waals surface area contributed by atoms with E-state index < -0.39 is 0 Å². The van der Waals surface area contributed by atoms with Gasteiger partial charge in [0, 0.05) is 13.1 Å². The lowest BCUT2D eigenvalue weighted by atomic mass is 9.83. The summed E-state index contributed by atoms with van der Waals surface area (Å²) in [5.41, 5.74) is 3.23. The zero-order chi connectivity index (χ0) is 19.1. The van der Waals surface area contributed by atoms with Crippen LogP contribution in [0.5, 0.6) is 0 Å². The maximum absolute atomic E-state index is 12.9. The molecule has 28 heavy (non-hydrogen) atoms. The number of carbonyl (C=O) groups is 1. The molecule has 1 amide bonds. The quantitative estimate of drug-likeness (QED) is 0.714. The molecule has 5 rings (SSSR count). The molecule has 0 aromatic carbocycles. The molecule has 2 aliphatic heterocycles. The van der Waals surface area contributed by atoms with Crippen molar-refractivity contribution in [2.75, 3.05) is 23.3 Å². The summed E-state index contributed by atoms with van der Waals surface area (Å²) in [6, 6.07) is 8.16. The minimum Gasteiger partial charge on any atom is -0.370 e. The monoisotopic (exact) mass is 441 g/mol. The molecule has 1 saturated carbocycles. The van der Waals surface area contributed by atoms with Crippen LogP contribution in [0.4, 0.5) is 17.3 Å². The van der Waals surface area contributed by atoms with Gasteiger partial charge in [-0.25, -0.2) is 9.97 Å². The molecule has 1 aliphatic carbocycles. The van der Waals surface area contributed by atoms with Gasteiger partial charge in [-0.15, -0.1) is 0 Å². The topological polar surface area (TPSA) is 61.4 Å². The van der Waals surface area contributed by atoms with Gasteiger partial charge in [0.25, 0.3) is 0 Å². The second-order valence-corrected chi connectivity index (χ2v) is 8.84. The van der Waals surface area contributed by atoms with E-state index in [0.717, 1.165) is 48.8 Å². The van der Waals surface area contributed by atoms with Crippen molar-refractivity contribution in [2.45, 2.75) is 44.6 Å². The maximum atomic E-state index is 12.9. The Morgan fingerprint density at radius 2 is 1.82 bits per heavy atom. The van der Waals surface area contributed by atoms with Gasteiger partial charge in [0.15, 0.2) is 0 Å². The van der Waals surface area contributed by atoms with Crippen molar-refractivity contribution in [2.24, 2.45) is 5.92 Å². The number of fused-ring (bicyclic) bond motifs is 1. The molecular formula is C21H24BrN5O. The lowest BCUT2D eigenvalue weighted by Crippen LogP contribution is -2.37. The number of hydrogen-bond acceptors (Lipinski definition) is 5. The number of nitrogens with zero attached hydrogens (tertiary/aromatic N) is 4. The van der Waals surface area contributed by atoms with Crippen molar-refractivity contribution in [1.82, 2.24) is 13.9 Å². The highest BCUT2D eigenvalue weighted by atomic mass is 79.9. The molecule has 1 saturated heterocycles. The third kappa shape index (κ3) is 3.26. The minimum atomic E-state index is -0.144. The van der Waals surface area contributed by atoms with Gasteiger partial charge < -0.3 is 10.2 Å². The Morgan fingerprint density at radius 3 is 2.50 bits per heavy atom. The van der Waals surface area contributed by atoms with Crippen LogP contribution in [0.2, 0.25) is 0 Å². The largest absolute Gasteiger partial charge is 0.370 e. The first-order chi connectivity index (χ1) is 13.7. The van der Waals surface area contributed by atoms with E-state index in [-0.39, 0.29) is 11.8 Å². The van der Waals surface area contributed by atoms with Crippen LogP contribution in [0.3, 0.4) is 0 Å². The van der Waals surface area contributed by atoms with Crippen molar-refractivity contribution >= 4 is 39.4 Å². The normalized spacial score (nSPS) is 22.2. The van der Waals surface area contributed by atoms with Gasteiger partial charge in [0.2, 0.25) is 5.91 Å². The van der Waals surface area contributed by atoms with Gasteiger partial charge >= 0.3 is 0 Å². The molecule has 0 radical (unpaired) electrons. The molecule has 6 nitrogen and oxygen atoms in total. The van der Waals surface area contributed by atoms with Crippen LogP contribution in [0, 0.1) is 5.92 Å². The molecule has 0 spiro atoms. The highest BCUT2D eigenvalue weighted by Crippen LogP contribution is 2.42. The maximum Gasteiger partial charge on any atom is 0.242 e. The van der Waals surface area contributed by atoms with Crippen LogP contribution in [-0.4, -0.2) is 32.9 Å². The van der Waals surface area contributed by atoms with Crippen LogP contribution < -0.4 is 10.2 Å². The molecule has 7 heteroatoms. The molecule has 1 atom stereocenters. The van der Waals surface area contributed by atoms with Crippen LogP contribution in [0.15, 0.2) is 30.5 Å². The Hall–Kier alpha value is -2.15. The Bertz CT molecular complexity index is 877. The zero-order valence-corrected chi connectivity index (χ0v) is 17.4. The molecule has 0 bridgehead atoms. The van der Waals surface area contributed by atoms with E-state index in [1.807, 2.05) is 18.3 Å². The second kappa shape index (κ2) is 7.35. The van der Waals surface area contributed by atoms with E-state index in [4.69, 9.17) is 4.98 Å². The number of halogens is 1. The number of anilines is 3. The summed E-state index contributed by atoms with van der Waals surface area (Å²) >= 11 is 3.44. The summed E-state index contributed by atoms with van der Waals surface area (Å²) in [5, 5.41) is 3.32. The molecule has 2 fully saturated rings. The minimum absolute atomic E-state index is 0.140. The predicted molar refractivity (Wildman–Crippen MR) is 113 cm³/mol. The van der Waals surface area contributed by atoms with E-state index in [1.165, 1.54) is 24.9 Å². The van der Waals surface area contributed by atoms with Gasteiger partial charge in [0.05, 0.1) is 46.2 Å². The fourth-order valence-corrected chi connectivity index (χ4v) is 5.03. The van der Waals surface area contributed by atoms with Gasteiger partial charge in [-0.3, -0.25) is 8.72 Å². The molecular weight excluding hydrogens is 418 g/mol. The Balaban J connectivity index is 1.40. The van der Waals surface area contributed by atoms with Crippen molar-refractivity contribution in [3.63, 3.8) is 0 Å². The average molecular weight is 442 g/mol.